The third kappa shape index (κ3) is 3.87. The van der Waals surface area contributed by atoms with Crippen molar-refractivity contribution in [2.75, 3.05) is 0 Å². The van der Waals surface area contributed by atoms with Crippen molar-refractivity contribution in [1.82, 2.24) is 4.98 Å². The Morgan fingerprint density at radius 2 is 1.48 bits per heavy atom. The monoisotopic (exact) mass is 307 g/mol. The number of rotatable bonds is 2. The molecule has 0 saturated carbocycles. The van der Waals surface area contributed by atoms with Crippen LogP contribution in [0.25, 0.3) is 11.3 Å². The number of hydrogen-bond acceptors (Lipinski definition) is 2. The van der Waals surface area contributed by atoms with Gasteiger partial charge in [0.1, 0.15) is 11.4 Å². The quantitative estimate of drug-likeness (QED) is 0.752. The van der Waals surface area contributed by atoms with Crippen LogP contribution >= 0.6 is 0 Å². The summed E-state index contributed by atoms with van der Waals surface area (Å²) in [5.41, 5.74) is -1.63. The first-order valence-electron chi connectivity index (χ1n) is 5.56. The van der Waals surface area contributed by atoms with E-state index in [9.17, 15) is 26.3 Å². The van der Waals surface area contributed by atoms with E-state index in [-0.39, 0.29) is 11.3 Å². The minimum Gasteiger partial charge on any atom is -0.405 e. The van der Waals surface area contributed by atoms with Crippen LogP contribution in [0, 0.1) is 0 Å². The standard InChI is InChI=1S/C13H7F6NO/c14-12(15,16)11-7-3-5-9(20-11)8-4-1-2-6-10(8)21-13(17,18)19/h1-7H. The molecule has 0 bridgehead atoms. The van der Waals surface area contributed by atoms with Crippen LogP contribution in [0.5, 0.6) is 5.75 Å². The summed E-state index contributed by atoms with van der Waals surface area (Å²) < 4.78 is 78.4. The zero-order chi connectivity index (χ0) is 15.7. The van der Waals surface area contributed by atoms with Gasteiger partial charge in [-0.1, -0.05) is 18.2 Å². The molecule has 0 fully saturated rings. The van der Waals surface area contributed by atoms with Crippen LogP contribution in [0.15, 0.2) is 42.5 Å². The van der Waals surface area contributed by atoms with Crippen LogP contribution in [-0.2, 0) is 6.18 Å². The Kier molecular flexibility index (Phi) is 3.80. The van der Waals surface area contributed by atoms with Crippen LogP contribution in [-0.4, -0.2) is 11.3 Å². The molecule has 8 heteroatoms. The number of pyridine rings is 1. The van der Waals surface area contributed by atoms with Gasteiger partial charge in [0.05, 0.1) is 5.69 Å². The Morgan fingerprint density at radius 3 is 2.10 bits per heavy atom. The lowest BCUT2D eigenvalue weighted by atomic mass is 10.1. The highest BCUT2D eigenvalue weighted by Gasteiger charge is 2.34. The van der Waals surface area contributed by atoms with Crippen LogP contribution in [0.4, 0.5) is 26.3 Å². The van der Waals surface area contributed by atoms with Crippen molar-refractivity contribution in [2.45, 2.75) is 12.5 Å². The number of hydrogen-bond donors (Lipinski definition) is 0. The van der Waals surface area contributed by atoms with Crippen molar-refractivity contribution in [2.24, 2.45) is 0 Å². The second-order valence-corrected chi connectivity index (χ2v) is 3.95. The fourth-order valence-corrected chi connectivity index (χ4v) is 1.63. The molecule has 2 nitrogen and oxygen atoms in total. The van der Waals surface area contributed by atoms with Gasteiger partial charge < -0.3 is 4.74 Å². The maximum absolute atomic E-state index is 12.6. The van der Waals surface area contributed by atoms with Crippen molar-refractivity contribution >= 4 is 0 Å². The largest absolute Gasteiger partial charge is 0.573 e. The highest BCUT2D eigenvalue weighted by molar-refractivity contribution is 5.67. The van der Waals surface area contributed by atoms with E-state index in [1.54, 1.807) is 0 Å². The van der Waals surface area contributed by atoms with E-state index in [4.69, 9.17) is 0 Å². The van der Waals surface area contributed by atoms with Gasteiger partial charge in [0.25, 0.3) is 0 Å². The molecule has 0 unspecified atom stereocenters. The normalized spacial score (nSPS) is 12.3. The lowest BCUT2D eigenvalue weighted by molar-refractivity contribution is -0.274. The number of ether oxygens (including phenoxy) is 1. The molecule has 2 rings (SSSR count). The van der Waals surface area contributed by atoms with Crippen LogP contribution in [0.1, 0.15) is 5.69 Å². The Balaban J connectivity index is 2.48. The lowest BCUT2D eigenvalue weighted by Crippen LogP contribution is -2.17. The van der Waals surface area contributed by atoms with Gasteiger partial charge in [0.2, 0.25) is 0 Å². The molecule has 0 atom stereocenters. The fraction of sp³-hybridized carbons (Fsp3) is 0.154. The predicted molar refractivity (Wildman–Crippen MR) is 61.4 cm³/mol. The van der Waals surface area contributed by atoms with E-state index in [0.717, 1.165) is 18.2 Å². The summed E-state index contributed by atoms with van der Waals surface area (Å²) >= 11 is 0. The van der Waals surface area contributed by atoms with Crippen LogP contribution < -0.4 is 4.74 Å². The summed E-state index contributed by atoms with van der Waals surface area (Å²) in [5.74, 6) is -0.614. The van der Waals surface area contributed by atoms with Gasteiger partial charge in [-0.15, -0.1) is 13.2 Å². The fourth-order valence-electron chi connectivity index (χ4n) is 1.63. The van der Waals surface area contributed by atoms with E-state index in [1.165, 1.54) is 24.3 Å². The average Bonchev–Trinajstić information content (AvgIpc) is 2.37. The predicted octanol–water partition coefficient (Wildman–Crippen LogP) is 4.67. The minimum atomic E-state index is -4.95. The highest BCUT2D eigenvalue weighted by Crippen LogP contribution is 2.34. The molecule has 0 radical (unpaired) electrons. The molecular weight excluding hydrogens is 300 g/mol. The summed E-state index contributed by atoms with van der Waals surface area (Å²) in [6.07, 6.45) is -9.63. The third-order valence-electron chi connectivity index (χ3n) is 2.43. The van der Waals surface area contributed by atoms with E-state index in [0.29, 0.717) is 0 Å². The van der Waals surface area contributed by atoms with Gasteiger partial charge in [0.15, 0.2) is 0 Å². The Hall–Kier alpha value is -2.25. The molecule has 0 amide bonds. The molecule has 1 aromatic heterocycles. The number of aromatic nitrogens is 1. The molecular formula is C13H7F6NO. The van der Waals surface area contributed by atoms with Crippen molar-refractivity contribution < 1.29 is 31.1 Å². The first-order valence-corrected chi connectivity index (χ1v) is 5.56. The van der Waals surface area contributed by atoms with Crippen LogP contribution in [0.2, 0.25) is 0 Å². The Morgan fingerprint density at radius 1 is 0.810 bits per heavy atom. The van der Waals surface area contributed by atoms with Gasteiger partial charge in [-0.05, 0) is 24.3 Å². The minimum absolute atomic E-state index is 0.180. The summed E-state index contributed by atoms with van der Waals surface area (Å²) in [5, 5.41) is 0. The number of nitrogens with zero attached hydrogens (tertiary/aromatic N) is 1. The summed E-state index contributed by atoms with van der Waals surface area (Å²) in [7, 11) is 0. The molecule has 0 spiro atoms. The summed E-state index contributed by atoms with van der Waals surface area (Å²) in [6, 6.07) is 7.83. The van der Waals surface area contributed by atoms with Crippen molar-refractivity contribution in [3.63, 3.8) is 0 Å². The molecule has 0 aliphatic carbocycles. The maximum atomic E-state index is 12.6. The first-order chi connectivity index (χ1) is 9.67. The van der Waals surface area contributed by atoms with Crippen LogP contribution in [0.3, 0.4) is 0 Å². The summed E-state index contributed by atoms with van der Waals surface area (Å²) in [4.78, 5) is 3.33. The zero-order valence-corrected chi connectivity index (χ0v) is 10.2. The molecule has 21 heavy (non-hydrogen) atoms. The number of benzene rings is 1. The smallest absolute Gasteiger partial charge is 0.405 e. The van der Waals surface area contributed by atoms with Crippen molar-refractivity contribution in [1.29, 1.82) is 0 Å². The van der Waals surface area contributed by atoms with E-state index in [1.807, 2.05) is 0 Å². The topological polar surface area (TPSA) is 22.1 Å². The highest BCUT2D eigenvalue weighted by atomic mass is 19.4. The molecule has 1 heterocycles. The first kappa shape index (κ1) is 15.1. The molecule has 0 N–H and O–H groups in total. The van der Waals surface area contributed by atoms with Gasteiger partial charge in [-0.2, -0.15) is 13.2 Å². The third-order valence-corrected chi connectivity index (χ3v) is 2.43. The molecule has 0 aliphatic heterocycles. The maximum Gasteiger partial charge on any atom is 0.573 e. The van der Waals surface area contributed by atoms with E-state index in [2.05, 4.69) is 9.72 Å². The van der Waals surface area contributed by atoms with E-state index < -0.39 is 24.0 Å². The lowest BCUT2D eigenvalue weighted by Gasteiger charge is -2.13. The molecule has 112 valence electrons. The van der Waals surface area contributed by atoms with Crippen molar-refractivity contribution in [3.8, 4) is 17.0 Å². The SMILES string of the molecule is FC(F)(F)Oc1ccccc1-c1cccc(C(F)(F)F)n1. The Labute approximate surface area is 115 Å². The second-order valence-electron chi connectivity index (χ2n) is 3.95. The molecule has 2 aromatic rings. The van der Waals surface area contributed by atoms with Gasteiger partial charge >= 0.3 is 12.5 Å². The van der Waals surface area contributed by atoms with Gasteiger partial charge in [0, 0.05) is 5.56 Å². The average molecular weight is 307 g/mol. The number of para-hydroxylation sites is 1. The zero-order valence-electron chi connectivity index (χ0n) is 10.2. The van der Waals surface area contributed by atoms with Crippen molar-refractivity contribution in [3.05, 3.63) is 48.2 Å². The second kappa shape index (κ2) is 5.27. The molecule has 0 aliphatic rings. The molecule has 1 aromatic carbocycles. The Bertz CT molecular complexity index is 635. The van der Waals surface area contributed by atoms with Gasteiger partial charge in [-0.3, -0.25) is 0 Å². The number of halogens is 6. The van der Waals surface area contributed by atoms with E-state index >= 15 is 0 Å². The van der Waals surface area contributed by atoms with Gasteiger partial charge in [-0.25, -0.2) is 4.98 Å². The molecule has 0 saturated heterocycles. The number of alkyl halides is 6. The summed E-state index contributed by atoms with van der Waals surface area (Å²) in [6.45, 7) is 0.